The number of allylic oxidation sites excluding steroid dienone is 3. The maximum Gasteiger partial charge on any atom is 0.124 e. The van der Waals surface area contributed by atoms with E-state index in [1.165, 1.54) is 11.3 Å². The van der Waals surface area contributed by atoms with Gasteiger partial charge in [-0.25, -0.2) is 0 Å². The van der Waals surface area contributed by atoms with Gasteiger partial charge < -0.3 is 19.1 Å². The van der Waals surface area contributed by atoms with Crippen LogP contribution in [0.25, 0.3) is 27.9 Å². The fraction of sp³-hybridized carbons (Fsp3) is 0.267. The number of carbonyl (C=O) groups is 2. The molecule has 2 aromatic carbocycles. The number of nitrogens with one attached hydrogen (secondary N) is 1. The van der Waals surface area contributed by atoms with Crippen LogP contribution in [0, 0.1) is 0 Å². The molecule has 2 atom stereocenters. The number of benzene rings is 2. The molecular weight excluding hydrogens is 420 g/mol. The summed E-state index contributed by atoms with van der Waals surface area (Å²) in [4.78, 5) is 26.6. The van der Waals surface area contributed by atoms with Gasteiger partial charge in [0.15, 0.2) is 0 Å². The number of H-pyrrole nitrogens is 1. The molecule has 0 spiro atoms. The van der Waals surface area contributed by atoms with Crippen LogP contribution in [0.4, 0.5) is 0 Å². The summed E-state index contributed by atoms with van der Waals surface area (Å²) in [5.41, 5.74) is 7.59. The van der Waals surface area contributed by atoms with Crippen molar-refractivity contribution in [1.29, 1.82) is 0 Å². The Kier molecular flexibility index (Phi) is 5.60. The van der Waals surface area contributed by atoms with E-state index in [0.29, 0.717) is 12.8 Å². The van der Waals surface area contributed by atoms with Gasteiger partial charge in [0.2, 0.25) is 0 Å². The standard InChI is InChI=1S/C30H30N2O2/c1-20(2)18-21-19-30(3,32-28-11-7-5-9-24(28)25(14-17-34)29(21)32)15-12-27-23(13-16-33)22-8-4-6-10-26(22)31-27/h4-12,15-18,21,31H,13-14,19H2,1-3H3/b15-12+/t21-,30-/m0/s1. The van der Waals surface area contributed by atoms with Crippen molar-refractivity contribution in [3.05, 3.63) is 88.8 Å². The van der Waals surface area contributed by atoms with Crippen molar-refractivity contribution < 1.29 is 9.59 Å². The first-order chi connectivity index (χ1) is 16.5. The molecule has 0 amide bonds. The predicted octanol–water partition coefficient (Wildman–Crippen LogP) is 6.49. The number of aromatic amines is 1. The van der Waals surface area contributed by atoms with Gasteiger partial charge in [-0.2, -0.15) is 0 Å². The van der Waals surface area contributed by atoms with Crippen LogP contribution in [0.5, 0.6) is 0 Å². The van der Waals surface area contributed by atoms with Crippen LogP contribution in [0.1, 0.15) is 55.6 Å². The quantitative estimate of drug-likeness (QED) is 0.258. The molecule has 0 saturated heterocycles. The van der Waals surface area contributed by atoms with Gasteiger partial charge >= 0.3 is 0 Å². The second-order valence-electron chi connectivity index (χ2n) is 9.77. The van der Waals surface area contributed by atoms with Crippen LogP contribution in [0.2, 0.25) is 0 Å². The second-order valence-corrected chi connectivity index (χ2v) is 9.77. The monoisotopic (exact) mass is 450 g/mol. The second kappa shape index (κ2) is 8.60. The van der Waals surface area contributed by atoms with Crippen LogP contribution in [0.3, 0.4) is 0 Å². The zero-order chi connectivity index (χ0) is 23.9. The van der Waals surface area contributed by atoms with Crippen LogP contribution < -0.4 is 0 Å². The lowest BCUT2D eigenvalue weighted by Crippen LogP contribution is -2.23. The summed E-state index contributed by atoms with van der Waals surface area (Å²) in [7, 11) is 0. The highest BCUT2D eigenvalue weighted by Crippen LogP contribution is 2.49. The average Bonchev–Trinajstić information content (AvgIpc) is 3.43. The van der Waals surface area contributed by atoms with Crippen molar-refractivity contribution in [2.24, 2.45) is 0 Å². The molecule has 0 fully saturated rings. The zero-order valence-corrected chi connectivity index (χ0v) is 20.0. The summed E-state index contributed by atoms with van der Waals surface area (Å²) < 4.78 is 2.43. The number of fused-ring (bicyclic) bond motifs is 4. The first-order valence-corrected chi connectivity index (χ1v) is 11.9. The van der Waals surface area contributed by atoms with Crippen molar-refractivity contribution in [3.8, 4) is 0 Å². The normalized spacial score (nSPS) is 19.7. The smallest absolute Gasteiger partial charge is 0.124 e. The molecule has 1 aliphatic rings. The third-order valence-electron chi connectivity index (χ3n) is 7.08. The van der Waals surface area contributed by atoms with Crippen LogP contribution >= 0.6 is 0 Å². The largest absolute Gasteiger partial charge is 0.355 e. The molecule has 1 N–H and O–H groups in total. The van der Waals surface area contributed by atoms with Crippen molar-refractivity contribution >= 4 is 40.5 Å². The number of para-hydroxylation sites is 2. The van der Waals surface area contributed by atoms with Crippen molar-refractivity contribution in [2.75, 3.05) is 0 Å². The Morgan fingerprint density at radius 3 is 2.41 bits per heavy atom. The van der Waals surface area contributed by atoms with Gasteiger partial charge in [-0.15, -0.1) is 0 Å². The maximum absolute atomic E-state index is 11.6. The molecule has 0 aliphatic carbocycles. The highest BCUT2D eigenvalue weighted by molar-refractivity contribution is 5.90. The van der Waals surface area contributed by atoms with Gasteiger partial charge in [-0.3, -0.25) is 0 Å². The van der Waals surface area contributed by atoms with E-state index in [4.69, 9.17) is 0 Å². The molecule has 34 heavy (non-hydrogen) atoms. The average molecular weight is 451 g/mol. The minimum atomic E-state index is -0.275. The van der Waals surface area contributed by atoms with Gasteiger partial charge in [0.25, 0.3) is 0 Å². The summed E-state index contributed by atoms with van der Waals surface area (Å²) >= 11 is 0. The minimum Gasteiger partial charge on any atom is -0.355 e. The Hall–Kier alpha value is -3.66. The number of nitrogens with zero attached hydrogens (tertiary/aromatic N) is 1. The fourth-order valence-corrected chi connectivity index (χ4v) is 5.81. The molecule has 0 radical (unpaired) electrons. The molecule has 3 heterocycles. The Morgan fingerprint density at radius 2 is 1.68 bits per heavy atom. The SMILES string of the molecule is CC(C)=C[C@H]1C[C@](C)(/C=C/c2[nH]c3ccccc3c2CC=O)n2c1c(CC=O)c1ccccc12. The molecule has 2 aromatic heterocycles. The molecule has 4 heteroatoms. The van der Waals surface area contributed by atoms with E-state index in [0.717, 1.165) is 57.6 Å². The molecule has 0 saturated carbocycles. The summed E-state index contributed by atoms with van der Waals surface area (Å²) in [5.74, 6) is 0.235. The third kappa shape index (κ3) is 3.54. The Labute approximate surface area is 200 Å². The minimum absolute atomic E-state index is 0.235. The van der Waals surface area contributed by atoms with Crippen molar-refractivity contribution in [1.82, 2.24) is 9.55 Å². The first-order valence-electron chi connectivity index (χ1n) is 11.9. The molecule has 4 nitrogen and oxygen atoms in total. The van der Waals surface area contributed by atoms with E-state index < -0.39 is 0 Å². The number of carbonyl (C=O) groups excluding carboxylic acids is 2. The van der Waals surface area contributed by atoms with Crippen LogP contribution in [0.15, 0.2) is 66.3 Å². The molecular formula is C30H30N2O2. The lowest BCUT2D eigenvalue weighted by Gasteiger charge is -2.25. The zero-order valence-electron chi connectivity index (χ0n) is 20.0. The summed E-state index contributed by atoms with van der Waals surface area (Å²) in [6.07, 6.45) is 10.4. The molecule has 172 valence electrons. The van der Waals surface area contributed by atoms with E-state index >= 15 is 0 Å². The van der Waals surface area contributed by atoms with Gasteiger partial charge in [-0.05, 0) is 56.5 Å². The Bertz CT molecular complexity index is 1460. The van der Waals surface area contributed by atoms with Crippen LogP contribution in [-0.4, -0.2) is 22.1 Å². The number of hydrogen-bond acceptors (Lipinski definition) is 2. The van der Waals surface area contributed by atoms with Crippen LogP contribution in [-0.2, 0) is 28.0 Å². The highest BCUT2D eigenvalue weighted by Gasteiger charge is 2.41. The highest BCUT2D eigenvalue weighted by atomic mass is 16.1. The number of aromatic nitrogens is 2. The van der Waals surface area contributed by atoms with E-state index in [9.17, 15) is 9.59 Å². The Balaban J connectivity index is 1.69. The molecule has 5 rings (SSSR count). The van der Waals surface area contributed by atoms with E-state index in [-0.39, 0.29) is 11.5 Å². The summed E-state index contributed by atoms with van der Waals surface area (Å²) in [6, 6.07) is 16.5. The summed E-state index contributed by atoms with van der Waals surface area (Å²) in [6.45, 7) is 6.53. The lowest BCUT2D eigenvalue weighted by atomic mass is 9.88. The van der Waals surface area contributed by atoms with Crippen molar-refractivity contribution in [3.63, 3.8) is 0 Å². The van der Waals surface area contributed by atoms with E-state index in [2.05, 4.69) is 72.8 Å². The summed E-state index contributed by atoms with van der Waals surface area (Å²) in [5, 5.41) is 2.25. The topological polar surface area (TPSA) is 54.9 Å². The third-order valence-corrected chi connectivity index (χ3v) is 7.08. The van der Waals surface area contributed by atoms with E-state index in [1.807, 2.05) is 24.3 Å². The van der Waals surface area contributed by atoms with Gasteiger partial charge in [-0.1, -0.05) is 54.1 Å². The predicted molar refractivity (Wildman–Crippen MR) is 139 cm³/mol. The van der Waals surface area contributed by atoms with Gasteiger partial charge in [0.05, 0.1) is 5.54 Å². The molecule has 0 bridgehead atoms. The number of rotatable bonds is 7. The molecule has 0 unspecified atom stereocenters. The lowest BCUT2D eigenvalue weighted by molar-refractivity contribution is -0.108. The Morgan fingerprint density at radius 1 is 1.00 bits per heavy atom. The molecule has 1 aliphatic heterocycles. The number of aldehydes is 2. The van der Waals surface area contributed by atoms with Gasteiger partial charge in [0.1, 0.15) is 12.6 Å². The fourth-order valence-electron chi connectivity index (χ4n) is 5.81. The van der Waals surface area contributed by atoms with Gasteiger partial charge in [0, 0.05) is 52.0 Å². The molecule has 4 aromatic rings. The first kappa shape index (κ1) is 22.1. The number of hydrogen-bond donors (Lipinski definition) is 1. The maximum atomic E-state index is 11.6. The van der Waals surface area contributed by atoms with Crippen molar-refractivity contribution in [2.45, 2.75) is 51.5 Å². The van der Waals surface area contributed by atoms with E-state index in [1.54, 1.807) is 0 Å².